The van der Waals surface area contributed by atoms with Crippen LogP contribution in [-0.4, -0.2) is 29.2 Å². The molecule has 0 radical (unpaired) electrons. The number of aliphatic hydroxyl groups excluding tert-OH is 1. The zero-order valence-electron chi connectivity index (χ0n) is 9.00. The number of likely N-dealkylation sites (tertiary alicyclic amines) is 1. The lowest BCUT2D eigenvalue weighted by Gasteiger charge is -2.29. The third-order valence-corrected chi connectivity index (χ3v) is 4.16. The fourth-order valence-corrected chi connectivity index (χ4v) is 2.52. The van der Waals surface area contributed by atoms with Crippen molar-refractivity contribution in [1.29, 1.82) is 0 Å². The smallest absolute Gasteiger partial charge is 0.0564 e. The summed E-state index contributed by atoms with van der Waals surface area (Å²) in [4.78, 5) is 2.36. The summed E-state index contributed by atoms with van der Waals surface area (Å²) in [5.41, 5.74) is 1.26. The average Bonchev–Trinajstić information content (AvgIpc) is 2.27. The van der Waals surface area contributed by atoms with Crippen LogP contribution in [-0.2, 0) is 6.54 Å². The summed E-state index contributed by atoms with van der Waals surface area (Å²) >= 11 is 9.38. The van der Waals surface area contributed by atoms with Crippen LogP contribution in [0.2, 0.25) is 5.02 Å². The summed E-state index contributed by atoms with van der Waals surface area (Å²) in [7, 11) is 0. The second-order valence-corrected chi connectivity index (χ2v) is 5.52. The largest absolute Gasteiger partial charge is 0.393 e. The first-order chi connectivity index (χ1) is 7.65. The topological polar surface area (TPSA) is 23.5 Å². The van der Waals surface area contributed by atoms with Crippen molar-refractivity contribution in [2.24, 2.45) is 0 Å². The standard InChI is InChI=1S/C12H15BrClNO/c13-11-7-9(1-2-12(11)14)8-15-5-3-10(16)4-6-15/h1-2,7,10,16H,3-6,8H2. The molecule has 4 heteroatoms. The van der Waals surface area contributed by atoms with Gasteiger partial charge in [0.1, 0.15) is 0 Å². The minimum absolute atomic E-state index is 0.104. The van der Waals surface area contributed by atoms with Crippen molar-refractivity contribution >= 4 is 27.5 Å². The van der Waals surface area contributed by atoms with Gasteiger partial charge in [0.05, 0.1) is 11.1 Å². The Kier molecular flexibility index (Phi) is 4.25. The molecule has 0 spiro atoms. The molecule has 0 amide bonds. The SMILES string of the molecule is OC1CCN(Cc2ccc(Cl)c(Br)c2)CC1. The van der Waals surface area contributed by atoms with Crippen molar-refractivity contribution in [2.75, 3.05) is 13.1 Å². The van der Waals surface area contributed by atoms with Crippen molar-refractivity contribution in [3.63, 3.8) is 0 Å². The van der Waals surface area contributed by atoms with Crippen LogP contribution in [0.3, 0.4) is 0 Å². The number of piperidine rings is 1. The number of hydrogen-bond donors (Lipinski definition) is 1. The van der Waals surface area contributed by atoms with Gasteiger partial charge in [-0.3, -0.25) is 4.90 Å². The Morgan fingerprint density at radius 3 is 2.69 bits per heavy atom. The summed E-state index contributed by atoms with van der Waals surface area (Å²) in [6.07, 6.45) is 1.66. The van der Waals surface area contributed by atoms with E-state index in [0.29, 0.717) is 0 Å². The van der Waals surface area contributed by atoms with Gasteiger partial charge in [-0.2, -0.15) is 0 Å². The van der Waals surface area contributed by atoms with Crippen molar-refractivity contribution in [3.05, 3.63) is 33.3 Å². The molecule has 1 saturated heterocycles. The van der Waals surface area contributed by atoms with E-state index in [4.69, 9.17) is 11.6 Å². The normalized spacial score (nSPS) is 18.9. The first kappa shape index (κ1) is 12.4. The molecule has 1 fully saturated rings. The summed E-state index contributed by atoms with van der Waals surface area (Å²) < 4.78 is 0.948. The van der Waals surface area contributed by atoms with Gasteiger partial charge in [-0.05, 0) is 46.5 Å². The Balaban J connectivity index is 1.96. The van der Waals surface area contributed by atoms with E-state index in [-0.39, 0.29) is 6.10 Å². The predicted octanol–water partition coefficient (Wildman–Crippen LogP) is 3.06. The van der Waals surface area contributed by atoms with Gasteiger partial charge >= 0.3 is 0 Å². The quantitative estimate of drug-likeness (QED) is 0.908. The second kappa shape index (κ2) is 5.50. The Hall–Kier alpha value is -0.0900. The highest BCUT2D eigenvalue weighted by Crippen LogP contribution is 2.24. The van der Waals surface area contributed by atoms with Crippen molar-refractivity contribution in [3.8, 4) is 0 Å². The number of halogens is 2. The Labute approximate surface area is 109 Å². The predicted molar refractivity (Wildman–Crippen MR) is 69.7 cm³/mol. The molecule has 1 aliphatic heterocycles. The third-order valence-electron chi connectivity index (χ3n) is 2.95. The van der Waals surface area contributed by atoms with Gasteiger partial charge in [-0.25, -0.2) is 0 Å². The lowest BCUT2D eigenvalue weighted by molar-refractivity contribution is 0.0792. The maximum absolute atomic E-state index is 9.42. The third kappa shape index (κ3) is 3.20. The van der Waals surface area contributed by atoms with Gasteiger partial charge < -0.3 is 5.11 Å². The van der Waals surface area contributed by atoms with Gasteiger partial charge in [-0.15, -0.1) is 0 Å². The molecule has 1 aromatic rings. The molecule has 1 aliphatic rings. The molecule has 0 atom stereocenters. The van der Waals surface area contributed by atoms with Gasteiger partial charge in [0.2, 0.25) is 0 Å². The summed E-state index contributed by atoms with van der Waals surface area (Å²) in [6.45, 7) is 2.88. The first-order valence-corrected chi connectivity index (χ1v) is 6.66. The molecule has 0 aliphatic carbocycles. The van der Waals surface area contributed by atoms with E-state index in [9.17, 15) is 5.11 Å². The molecule has 1 aromatic carbocycles. The molecule has 0 saturated carbocycles. The maximum Gasteiger partial charge on any atom is 0.0564 e. The minimum Gasteiger partial charge on any atom is -0.393 e. The number of benzene rings is 1. The van der Waals surface area contributed by atoms with Crippen LogP contribution < -0.4 is 0 Å². The highest BCUT2D eigenvalue weighted by molar-refractivity contribution is 9.10. The molecular weight excluding hydrogens is 289 g/mol. The lowest BCUT2D eigenvalue weighted by atomic mass is 10.1. The van der Waals surface area contributed by atoms with Crippen LogP contribution in [0.15, 0.2) is 22.7 Å². The molecule has 88 valence electrons. The second-order valence-electron chi connectivity index (χ2n) is 4.26. The van der Waals surface area contributed by atoms with Crippen LogP contribution in [0, 0.1) is 0 Å². The van der Waals surface area contributed by atoms with E-state index >= 15 is 0 Å². The van der Waals surface area contributed by atoms with Crippen LogP contribution in [0.25, 0.3) is 0 Å². The Morgan fingerprint density at radius 1 is 1.38 bits per heavy atom. The van der Waals surface area contributed by atoms with Crippen molar-refractivity contribution in [2.45, 2.75) is 25.5 Å². The van der Waals surface area contributed by atoms with E-state index in [0.717, 1.165) is 42.0 Å². The molecule has 16 heavy (non-hydrogen) atoms. The van der Waals surface area contributed by atoms with E-state index in [1.165, 1.54) is 5.56 Å². The zero-order valence-corrected chi connectivity index (χ0v) is 11.3. The Morgan fingerprint density at radius 2 is 2.06 bits per heavy atom. The zero-order chi connectivity index (χ0) is 11.5. The van der Waals surface area contributed by atoms with Crippen LogP contribution in [0.1, 0.15) is 18.4 Å². The average molecular weight is 305 g/mol. The Bertz CT molecular complexity index is 364. The van der Waals surface area contributed by atoms with Gasteiger partial charge in [0.15, 0.2) is 0 Å². The van der Waals surface area contributed by atoms with Crippen LogP contribution >= 0.6 is 27.5 Å². The summed E-state index contributed by atoms with van der Waals surface area (Å²) in [5.74, 6) is 0. The molecule has 1 N–H and O–H groups in total. The number of aliphatic hydroxyl groups is 1. The van der Waals surface area contributed by atoms with Crippen molar-refractivity contribution < 1.29 is 5.11 Å². The van der Waals surface area contributed by atoms with E-state index in [2.05, 4.69) is 33.0 Å². The molecule has 0 bridgehead atoms. The van der Waals surface area contributed by atoms with Crippen molar-refractivity contribution in [1.82, 2.24) is 4.90 Å². The first-order valence-electron chi connectivity index (χ1n) is 5.49. The van der Waals surface area contributed by atoms with Gasteiger partial charge in [-0.1, -0.05) is 17.7 Å². The molecule has 1 heterocycles. The van der Waals surface area contributed by atoms with Crippen LogP contribution in [0.4, 0.5) is 0 Å². The van der Waals surface area contributed by atoms with Crippen LogP contribution in [0.5, 0.6) is 0 Å². The fourth-order valence-electron chi connectivity index (χ4n) is 1.97. The summed E-state index contributed by atoms with van der Waals surface area (Å²) in [5, 5.41) is 10.2. The van der Waals surface area contributed by atoms with Gasteiger partial charge in [0.25, 0.3) is 0 Å². The summed E-state index contributed by atoms with van der Waals surface area (Å²) in [6, 6.07) is 6.03. The lowest BCUT2D eigenvalue weighted by Crippen LogP contribution is -2.35. The number of rotatable bonds is 2. The molecule has 2 rings (SSSR count). The van der Waals surface area contributed by atoms with E-state index in [1.54, 1.807) is 0 Å². The molecular formula is C12H15BrClNO. The fraction of sp³-hybridized carbons (Fsp3) is 0.500. The molecule has 0 unspecified atom stereocenters. The van der Waals surface area contributed by atoms with E-state index < -0.39 is 0 Å². The van der Waals surface area contributed by atoms with Gasteiger partial charge in [0, 0.05) is 24.1 Å². The minimum atomic E-state index is -0.104. The maximum atomic E-state index is 9.42. The molecule has 2 nitrogen and oxygen atoms in total. The number of nitrogens with zero attached hydrogens (tertiary/aromatic N) is 1. The monoisotopic (exact) mass is 303 g/mol. The van der Waals surface area contributed by atoms with E-state index in [1.807, 2.05) is 6.07 Å². The number of hydrogen-bond acceptors (Lipinski definition) is 2. The highest BCUT2D eigenvalue weighted by Gasteiger charge is 2.16. The highest BCUT2D eigenvalue weighted by atomic mass is 79.9. The molecule has 0 aromatic heterocycles.